The van der Waals surface area contributed by atoms with Gasteiger partial charge in [0.25, 0.3) is 0 Å². The molecule has 3 N–H and O–H groups in total. The van der Waals surface area contributed by atoms with Crippen LogP contribution in [-0.4, -0.2) is 10.9 Å². The Morgan fingerprint density at radius 2 is 2.19 bits per heavy atom. The van der Waals surface area contributed by atoms with Crippen LogP contribution in [0, 0.1) is 0 Å². The smallest absolute Gasteiger partial charge is 0.249 e. The van der Waals surface area contributed by atoms with E-state index in [2.05, 4.69) is 10.3 Å². The Kier molecular flexibility index (Phi) is 3.66. The van der Waals surface area contributed by atoms with E-state index in [0.29, 0.717) is 5.56 Å². The van der Waals surface area contributed by atoms with Crippen LogP contribution in [0.25, 0.3) is 0 Å². The lowest BCUT2D eigenvalue weighted by atomic mass is 10.3. The fourth-order valence-electron chi connectivity index (χ4n) is 1.24. The Morgan fingerprint density at radius 1 is 1.38 bits per heavy atom. The summed E-state index contributed by atoms with van der Waals surface area (Å²) >= 11 is 3.16. The summed E-state index contributed by atoms with van der Waals surface area (Å²) in [5, 5.41) is 5.07. The Bertz CT molecular complexity index is 464. The summed E-state index contributed by atoms with van der Waals surface area (Å²) < 4.78 is 0. The quantitative estimate of drug-likeness (QED) is 0.850. The standard InChI is InChI=1S/C10H11N3OS2/c11-10(14)7-1-8(15-5-7)2-12-3-9-4-13-6-16-9/h1,4-6,12H,2-3H2,(H2,11,14). The number of hydrogen-bond acceptors (Lipinski definition) is 5. The highest BCUT2D eigenvalue weighted by atomic mass is 32.1. The van der Waals surface area contributed by atoms with Crippen LogP contribution in [-0.2, 0) is 13.1 Å². The molecule has 0 fully saturated rings. The van der Waals surface area contributed by atoms with Gasteiger partial charge in [0.15, 0.2) is 0 Å². The summed E-state index contributed by atoms with van der Waals surface area (Å²) in [5.41, 5.74) is 7.57. The van der Waals surface area contributed by atoms with Crippen LogP contribution in [0.5, 0.6) is 0 Å². The minimum atomic E-state index is -0.370. The van der Waals surface area contributed by atoms with Crippen LogP contribution in [0.2, 0.25) is 0 Å². The molecule has 0 aliphatic heterocycles. The second kappa shape index (κ2) is 5.20. The number of rotatable bonds is 5. The molecule has 0 aromatic carbocycles. The van der Waals surface area contributed by atoms with E-state index in [1.54, 1.807) is 16.7 Å². The Morgan fingerprint density at radius 3 is 2.81 bits per heavy atom. The number of nitrogens with zero attached hydrogens (tertiary/aromatic N) is 1. The molecule has 0 aliphatic rings. The molecule has 2 aromatic heterocycles. The molecule has 2 rings (SSSR count). The van der Waals surface area contributed by atoms with E-state index in [9.17, 15) is 4.79 Å². The summed E-state index contributed by atoms with van der Waals surface area (Å²) in [6.45, 7) is 1.55. The van der Waals surface area contributed by atoms with Gasteiger partial charge in [-0.1, -0.05) is 0 Å². The van der Waals surface area contributed by atoms with Gasteiger partial charge in [-0.3, -0.25) is 9.78 Å². The normalized spacial score (nSPS) is 10.5. The molecule has 16 heavy (non-hydrogen) atoms. The largest absolute Gasteiger partial charge is 0.366 e. The van der Waals surface area contributed by atoms with Crippen LogP contribution in [0.1, 0.15) is 20.1 Å². The Hall–Kier alpha value is -1.24. The number of primary amides is 1. The number of thiophene rings is 1. The second-order valence-corrected chi connectivity index (χ2v) is 5.20. The van der Waals surface area contributed by atoms with Gasteiger partial charge in [-0.25, -0.2) is 0 Å². The summed E-state index contributed by atoms with van der Waals surface area (Å²) in [6, 6.07) is 1.83. The van der Waals surface area contributed by atoms with Gasteiger partial charge >= 0.3 is 0 Å². The zero-order valence-corrected chi connectivity index (χ0v) is 10.1. The maximum absolute atomic E-state index is 10.9. The number of carbonyl (C=O) groups excluding carboxylic acids is 1. The molecule has 0 unspecified atom stereocenters. The second-order valence-electron chi connectivity index (χ2n) is 3.24. The van der Waals surface area contributed by atoms with Crippen molar-refractivity contribution in [3.05, 3.63) is 38.5 Å². The molecule has 0 aliphatic carbocycles. The SMILES string of the molecule is NC(=O)c1csc(CNCc2cncs2)c1. The molecular weight excluding hydrogens is 242 g/mol. The van der Waals surface area contributed by atoms with Crippen molar-refractivity contribution in [2.24, 2.45) is 5.73 Å². The molecule has 84 valence electrons. The highest BCUT2D eigenvalue weighted by Gasteiger charge is 2.04. The Labute approximate surface area is 101 Å². The third-order valence-corrected chi connectivity index (χ3v) is 3.74. The minimum Gasteiger partial charge on any atom is -0.366 e. The van der Waals surface area contributed by atoms with Crippen LogP contribution < -0.4 is 11.1 Å². The number of nitrogens with one attached hydrogen (secondary N) is 1. The molecule has 1 amide bonds. The van der Waals surface area contributed by atoms with Gasteiger partial charge in [-0.15, -0.1) is 22.7 Å². The molecule has 0 spiro atoms. The van der Waals surface area contributed by atoms with Gasteiger partial charge < -0.3 is 11.1 Å². The molecule has 0 saturated carbocycles. The highest BCUT2D eigenvalue weighted by Crippen LogP contribution is 2.14. The van der Waals surface area contributed by atoms with E-state index in [1.807, 2.05) is 17.8 Å². The van der Waals surface area contributed by atoms with Gasteiger partial charge in [-0.2, -0.15) is 0 Å². The van der Waals surface area contributed by atoms with Crippen molar-refractivity contribution in [2.75, 3.05) is 0 Å². The lowest BCUT2D eigenvalue weighted by molar-refractivity contribution is 0.100. The van der Waals surface area contributed by atoms with Crippen molar-refractivity contribution < 1.29 is 4.79 Å². The van der Waals surface area contributed by atoms with Crippen molar-refractivity contribution in [3.8, 4) is 0 Å². The summed E-state index contributed by atoms with van der Waals surface area (Å²) in [4.78, 5) is 17.2. The third kappa shape index (κ3) is 2.88. The van der Waals surface area contributed by atoms with Crippen molar-refractivity contribution in [3.63, 3.8) is 0 Å². The van der Waals surface area contributed by atoms with E-state index < -0.39 is 0 Å². The molecular formula is C10H11N3OS2. The molecule has 0 bridgehead atoms. The number of thiazole rings is 1. The van der Waals surface area contributed by atoms with E-state index in [-0.39, 0.29) is 5.91 Å². The van der Waals surface area contributed by atoms with Gasteiger partial charge in [0.1, 0.15) is 0 Å². The first-order chi connectivity index (χ1) is 7.75. The topological polar surface area (TPSA) is 68.0 Å². The Balaban J connectivity index is 1.83. The van der Waals surface area contributed by atoms with Gasteiger partial charge in [0.2, 0.25) is 5.91 Å². The van der Waals surface area contributed by atoms with Crippen molar-refractivity contribution in [2.45, 2.75) is 13.1 Å². The van der Waals surface area contributed by atoms with Crippen molar-refractivity contribution in [1.82, 2.24) is 10.3 Å². The number of aromatic nitrogens is 1. The van der Waals surface area contributed by atoms with E-state index in [4.69, 9.17) is 5.73 Å². The highest BCUT2D eigenvalue weighted by molar-refractivity contribution is 7.10. The van der Waals surface area contributed by atoms with Gasteiger partial charge in [0, 0.05) is 34.4 Å². The number of hydrogen-bond donors (Lipinski definition) is 2. The lowest BCUT2D eigenvalue weighted by Gasteiger charge is -1.99. The zero-order chi connectivity index (χ0) is 11.4. The summed E-state index contributed by atoms with van der Waals surface area (Å²) in [7, 11) is 0. The number of amides is 1. The molecule has 4 nitrogen and oxygen atoms in total. The van der Waals surface area contributed by atoms with E-state index in [0.717, 1.165) is 18.0 Å². The first-order valence-electron chi connectivity index (χ1n) is 4.71. The molecule has 0 radical (unpaired) electrons. The molecule has 2 heterocycles. The average molecular weight is 253 g/mol. The molecule has 0 saturated heterocycles. The van der Waals surface area contributed by atoms with Crippen LogP contribution in [0.15, 0.2) is 23.2 Å². The van der Waals surface area contributed by atoms with Crippen molar-refractivity contribution in [1.29, 1.82) is 0 Å². The van der Waals surface area contributed by atoms with E-state index in [1.165, 1.54) is 16.2 Å². The van der Waals surface area contributed by atoms with Crippen LogP contribution in [0.4, 0.5) is 0 Å². The minimum absolute atomic E-state index is 0.370. The molecule has 6 heteroatoms. The van der Waals surface area contributed by atoms with Crippen molar-refractivity contribution >= 4 is 28.6 Å². The number of nitrogens with two attached hydrogens (primary N) is 1. The molecule has 0 atom stereocenters. The fourth-order valence-corrected chi connectivity index (χ4v) is 2.65. The van der Waals surface area contributed by atoms with E-state index >= 15 is 0 Å². The van der Waals surface area contributed by atoms with Gasteiger partial charge in [-0.05, 0) is 6.07 Å². The fraction of sp³-hybridized carbons (Fsp3) is 0.200. The van der Waals surface area contributed by atoms with Crippen LogP contribution in [0.3, 0.4) is 0 Å². The monoisotopic (exact) mass is 253 g/mol. The average Bonchev–Trinajstić information content (AvgIpc) is 2.87. The molecule has 2 aromatic rings. The summed E-state index contributed by atoms with van der Waals surface area (Å²) in [6.07, 6.45) is 1.85. The maximum Gasteiger partial charge on any atom is 0.249 e. The lowest BCUT2D eigenvalue weighted by Crippen LogP contribution is -2.11. The van der Waals surface area contributed by atoms with Crippen LogP contribution >= 0.6 is 22.7 Å². The predicted molar refractivity (Wildman–Crippen MR) is 65.5 cm³/mol. The third-order valence-electron chi connectivity index (χ3n) is 2.02. The number of carbonyl (C=O) groups is 1. The first kappa shape index (κ1) is 11.3. The zero-order valence-electron chi connectivity index (χ0n) is 8.47. The van der Waals surface area contributed by atoms with Gasteiger partial charge in [0.05, 0.1) is 11.1 Å². The predicted octanol–water partition coefficient (Wildman–Crippen LogP) is 1.59. The summed E-state index contributed by atoms with van der Waals surface area (Å²) in [5.74, 6) is -0.370. The maximum atomic E-state index is 10.9. The first-order valence-corrected chi connectivity index (χ1v) is 6.47.